The molecule has 0 spiro atoms. The van der Waals surface area contributed by atoms with Crippen molar-refractivity contribution in [3.05, 3.63) is 72.1 Å². The Kier molecular flexibility index (Phi) is 5.74. The summed E-state index contributed by atoms with van der Waals surface area (Å²) < 4.78 is 0. The number of amides is 1. The summed E-state index contributed by atoms with van der Waals surface area (Å²) in [5.41, 5.74) is 3.98. The Morgan fingerprint density at radius 3 is 2.60 bits per heavy atom. The minimum atomic E-state index is -0.0243. The molecule has 126 valence electrons. The van der Waals surface area contributed by atoms with Gasteiger partial charge in [-0.25, -0.2) is 0 Å². The van der Waals surface area contributed by atoms with E-state index in [1.165, 1.54) is 17.3 Å². The number of carbonyl (C=O) groups excluding carboxylic acids is 1. The van der Waals surface area contributed by atoms with E-state index in [-0.39, 0.29) is 5.91 Å². The second-order valence-corrected chi connectivity index (χ2v) is 6.55. The van der Waals surface area contributed by atoms with Gasteiger partial charge in [-0.2, -0.15) is 0 Å². The van der Waals surface area contributed by atoms with Crippen molar-refractivity contribution in [2.75, 3.05) is 5.75 Å². The van der Waals surface area contributed by atoms with Crippen molar-refractivity contribution >= 4 is 17.7 Å². The van der Waals surface area contributed by atoms with E-state index in [1.54, 1.807) is 12.4 Å². The van der Waals surface area contributed by atoms with Crippen molar-refractivity contribution in [1.82, 2.24) is 20.5 Å². The zero-order valence-electron chi connectivity index (χ0n) is 13.8. The van der Waals surface area contributed by atoms with Crippen molar-refractivity contribution in [1.29, 1.82) is 0 Å². The fourth-order valence-corrected chi connectivity index (χ4v) is 2.81. The van der Waals surface area contributed by atoms with E-state index in [0.29, 0.717) is 12.3 Å². The van der Waals surface area contributed by atoms with Gasteiger partial charge in [-0.3, -0.25) is 9.78 Å². The summed E-state index contributed by atoms with van der Waals surface area (Å²) >= 11 is 1.37. The van der Waals surface area contributed by atoms with Crippen LogP contribution in [0, 0.1) is 6.92 Å². The molecule has 6 heteroatoms. The number of hydrogen-bond acceptors (Lipinski definition) is 5. The largest absolute Gasteiger partial charge is 0.351 e. The average molecular weight is 350 g/mol. The van der Waals surface area contributed by atoms with Crippen molar-refractivity contribution < 1.29 is 4.79 Å². The van der Waals surface area contributed by atoms with Gasteiger partial charge in [0.05, 0.1) is 11.4 Å². The molecule has 1 N–H and O–H groups in total. The molecule has 0 saturated heterocycles. The van der Waals surface area contributed by atoms with Crippen LogP contribution in [-0.2, 0) is 11.3 Å². The summed E-state index contributed by atoms with van der Waals surface area (Å²) in [6.07, 6.45) is 3.46. The number of thioether (sulfide) groups is 1. The quantitative estimate of drug-likeness (QED) is 0.691. The van der Waals surface area contributed by atoms with Crippen LogP contribution in [0.4, 0.5) is 0 Å². The first-order valence-electron chi connectivity index (χ1n) is 7.90. The highest BCUT2D eigenvalue weighted by molar-refractivity contribution is 7.99. The summed E-state index contributed by atoms with van der Waals surface area (Å²) in [4.78, 5) is 16.0. The molecule has 25 heavy (non-hydrogen) atoms. The number of aryl methyl sites for hydroxylation is 1. The number of benzene rings is 1. The molecule has 0 aliphatic rings. The number of pyridine rings is 1. The number of carbonyl (C=O) groups is 1. The first kappa shape index (κ1) is 17.1. The lowest BCUT2D eigenvalue weighted by Crippen LogP contribution is -2.24. The molecule has 5 nitrogen and oxygen atoms in total. The van der Waals surface area contributed by atoms with E-state index in [1.807, 2.05) is 55.5 Å². The predicted octanol–water partition coefficient (Wildman–Crippen LogP) is 3.26. The molecule has 0 atom stereocenters. The fraction of sp³-hybridized carbons (Fsp3) is 0.158. The highest BCUT2D eigenvalue weighted by Gasteiger charge is 2.06. The Morgan fingerprint density at radius 1 is 1.08 bits per heavy atom. The maximum Gasteiger partial charge on any atom is 0.230 e. The van der Waals surface area contributed by atoms with Gasteiger partial charge in [-0.15, -0.1) is 10.2 Å². The van der Waals surface area contributed by atoms with Crippen LogP contribution in [0.5, 0.6) is 0 Å². The van der Waals surface area contributed by atoms with Crippen molar-refractivity contribution in [3.63, 3.8) is 0 Å². The number of rotatable bonds is 6. The number of aromatic nitrogens is 3. The highest BCUT2D eigenvalue weighted by Crippen LogP contribution is 2.18. The Balaban J connectivity index is 1.48. The lowest BCUT2D eigenvalue weighted by molar-refractivity contribution is -0.118. The van der Waals surface area contributed by atoms with E-state index in [4.69, 9.17) is 0 Å². The van der Waals surface area contributed by atoms with Gasteiger partial charge in [0.2, 0.25) is 5.91 Å². The standard InChI is InChI=1S/C19H18N4OS/c1-14-4-6-15(7-5-14)11-21-18(24)13-25-19-9-8-17(22-23-19)16-3-2-10-20-12-16/h2-10,12H,11,13H2,1H3,(H,21,24). The van der Waals surface area contributed by atoms with Crippen LogP contribution in [0.25, 0.3) is 11.3 Å². The molecule has 3 rings (SSSR count). The third kappa shape index (κ3) is 5.12. The summed E-state index contributed by atoms with van der Waals surface area (Å²) in [5.74, 6) is 0.288. The molecule has 0 aliphatic heterocycles. The minimum Gasteiger partial charge on any atom is -0.351 e. The van der Waals surface area contributed by atoms with Crippen molar-refractivity contribution in [2.45, 2.75) is 18.5 Å². The van der Waals surface area contributed by atoms with E-state index in [2.05, 4.69) is 20.5 Å². The molecule has 0 aliphatic carbocycles. The molecule has 1 aromatic carbocycles. The molecule has 0 fully saturated rings. The maximum absolute atomic E-state index is 12.0. The van der Waals surface area contributed by atoms with E-state index in [9.17, 15) is 4.79 Å². The van der Waals surface area contributed by atoms with Crippen LogP contribution in [0.1, 0.15) is 11.1 Å². The Bertz CT molecular complexity index is 820. The van der Waals surface area contributed by atoms with Gasteiger partial charge in [0.15, 0.2) is 0 Å². The Labute approximate surface area is 150 Å². The Morgan fingerprint density at radius 2 is 1.92 bits per heavy atom. The lowest BCUT2D eigenvalue weighted by atomic mass is 10.1. The molecule has 3 aromatic rings. The molecule has 0 radical (unpaired) electrons. The topological polar surface area (TPSA) is 67.8 Å². The van der Waals surface area contributed by atoms with Gasteiger partial charge in [0.1, 0.15) is 5.03 Å². The zero-order valence-corrected chi connectivity index (χ0v) is 14.7. The van der Waals surface area contributed by atoms with Gasteiger partial charge < -0.3 is 5.32 Å². The third-order valence-corrected chi connectivity index (χ3v) is 4.48. The van der Waals surface area contributed by atoms with Crippen LogP contribution >= 0.6 is 11.8 Å². The summed E-state index contributed by atoms with van der Waals surface area (Å²) in [6, 6.07) is 15.7. The van der Waals surface area contributed by atoms with Crippen LogP contribution < -0.4 is 5.32 Å². The molecular formula is C19H18N4OS. The van der Waals surface area contributed by atoms with Crippen molar-refractivity contribution in [2.24, 2.45) is 0 Å². The second kappa shape index (κ2) is 8.39. The molecular weight excluding hydrogens is 332 g/mol. The van der Waals surface area contributed by atoms with Gasteiger partial charge in [0, 0.05) is 24.5 Å². The lowest BCUT2D eigenvalue weighted by Gasteiger charge is -2.06. The van der Waals surface area contributed by atoms with E-state index in [0.717, 1.165) is 21.8 Å². The molecule has 1 amide bonds. The van der Waals surface area contributed by atoms with E-state index >= 15 is 0 Å². The minimum absolute atomic E-state index is 0.0243. The molecule has 2 aromatic heterocycles. The number of nitrogens with zero attached hydrogens (tertiary/aromatic N) is 3. The highest BCUT2D eigenvalue weighted by atomic mass is 32.2. The van der Waals surface area contributed by atoms with E-state index < -0.39 is 0 Å². The summed E-state index contributed by atoms with van der Waals surface area (Å²) in [7, 11) is 0. The fourth-order valence-electron chi connectivity index (χ4n) is 2.16. The Hall–Kier alpha value is -2.73. The predicted molar refractivity (Wildman–Crippen MR) is 99.0 cm³/mol. The van der Waals surface area contributed by atoms with Crippen LogP contribution in [0.2, 0.25) is 0 Å². The van der Waals surface area contributed by atoms with Crippen LogP contribution in [-0.4, -0.2) is 26.8 Å². The van der Waals surface area contributed by atoms with Crippen LogP contribution in [0.3, 0.4) is 0 Å². The average Bonchev–Trinajstić information content (AvgIpc) is 2.67. The van der Waals surface area contributed by atoms with Gasteiger partial charge in [0.25, 0.3) is 0 Å². The summed E-state index contributed by atoms with van der Waals surface area (Å²) in [6.45, 7) is 2.57. The number of nitrogens with one attached hydrogen (secondary N) is 1. The van der Waals surface area contributed by atoms with Gasteiger partial charge in [-0.05, 0) is 36.8 Å². The smallest absolute Gasteiger partial charge is 0.230 e. The second-order valence-electron chi connectivity index (χ2n) is 5.55. The van der Waals surface area contributed by atoms with Gasteiger partial charge in [-0.1, -0.05) is 41.6 Å². The maximum atomic E-state index is 12.0. The molecule has 0 saturated carbocycles. The SMILES string of the molecule is Cc1ccc(CNC(=O)CSc2ccc(-c3cccnc3)nn2)cc1. The monoisotopic (exact) mass is 350 g/mol. The molecule has 0 unspecified atom stereocenters. The number of hydrogen-bond donors (Lipinski definition) is 1. The summed E-state index contributed by atoms with van der Waals surface area (Å²) in [5, 5.41) is 12.0. The first-order chi connectivity index (χ1) is 12.2. The third-order valence-electron chi connectivity index (χ3n) is 3.56. The first-order valence-corrected chi connectivity index (χ1v) is 8.88. The molecule has 0 bridgehead atoms. The normalized spacial score (nSPS) is 10.4. The van der Waals surface area contributed by atoms with Crippen molar-refractivity contribution in [3.8, 4) is 11.3 Å². The molecule has 2 heterocycles. The van der Waals surface area contributed by atoms with Crippen LogP contribution in [0.15, 0.2) is 66.0 Å². The van der Waals surface area contributed by atoms with Gasteiger partial charge >= 0.3 is 0 Å². The zero-order chi connectivity index (χ0) is 17.5.